The van der Waals surface area contributed by atoms with Crippen LogP contribution in [0.3, 0.4) is 0 Å². The number of hydrogen-bond donors (Lipinski definition) is 2. The molecule has 2 aliphatic heterocycles. The molecule has 2 N–H and O–H groups in total. The molecule has 2 fully saturated rings. The van der Waals surface area contributed by atoms with Gasteiger partial charge in [-0.1, -0.05) is 0 Å². The maximum Gasteiger partial charge on any atom is 0.251 e. The van der Waals surface area contributed by atoms with Gasteiger partial charge in [-0.15, -0.1) is 0 Å². The molecule has 1 aromatic carbocycles. The smallest absolute Gasteiger partial charge is 0.251 e. The van der Waals surface area contributed by atoms with Crippen molar-refractivity contribution in [2.45, 2.75) is 30.7 Å². The number of nitrogens with zero attached hydrogens (tertiary/aromatic N) is 2. The van der Waals surface area contributed by atoms with Crippen LogP contribution in [0, 0.1) is 0 Å². The van der Waals surface area contributed by atoms with Gasteiger partial charge in [0.1, 0.15) is 0 Å². The summed E-state index contributed by atoms with van der Waals surface area (Å²) >= 11 is 0. The van der Waals surface area contributed by atoms with Crippen molar-refractivity contribution in [1.82, 2.24) is 19.8 Å². The molecule has 2 saturated heterocycles. The summed E-state index contributed by atoms with van der Waals surface area (Å²) in [6, 6.07) is 6.14. The Hall–Kier alpha value is -1.97. The minimum absolute atomic E-state index is 0.0458. The van der Waals surface area contributed by atoms with Crippen LogP contribution >= 0.6 is 0 Å². The average Bonchev–Trinajstić information content (AvgIpc) is 2.69. The minimum atomic E-state index is -3.63. The zero-order chi connectivity index (χ0) is 19.4. The summed E-state index contributed by atoms with van der Waals surface area (Å²) < 4.78 is 26.9. The van der Waals surface area contributed by atoms with E-state index in [1.54, 1.807) is 17.0 Å². The number of benzene rings is 1. The highest BCUT2D eigenvalue weighted by atomic mass is 32.2. The van der Waals surface area contributed by atoms with Crippen LogP contribution in [0.25, 0.3) is 0 Å². The average molecular weight is 394 g/mol. The van der Waals surface area contributed by atoms with Gasteiger partial charge in [0.2, 0.25) is 15.9 Å². The van der Waals surface area contributed by atoms with Gasteiger partial charge in [0.05, 0.1) is 4.90 Å². The molecule has 3 rings (SSSR count). The molecule has 0 radical (unpaired) electrons. The third kappa shape index (κ3) is 4.66. The Kier molecular flexibility index (Phi) is 6.13. The van der Waals surface area contributed by atoms with Crippen LogP contribution in [-0.2, 0) is 14.8 Å². The molecule has 0 aliphatic carbocycles. The number of hydrogen-bond acceptors (Lipinski definition) is 5. The first-order valence-electron chi connectivity index (χ1n) is 9.25. The maximum absolute atomic E-state index is 12.8. The van der Waals surface area contributed by atoms with Crippen molar-refractivity contribution < 1.29 is 18.0 Å². The van der Waals surface area contributed by atoms with E-state index in [1.807, 2.05) is 0 Å². The molecule has 0 spiro atoms. The summed E-state index contributed by atoms with van der Waals surface area (Å²) in [5, 5.41) is 6.22. The number of sulfonamides is 1. The first-order chi connectivity index (χ1) is 12.9. The summed E-state index contributed by atoms with van der Waals surface area (Å²) in [6.07, 6.45) is 1.97. The SMILES string of the molecule is CC(=O)N1CCN(S(=O)(=O)c2ccc(C(=O)N[C@H]3CCCNC3)cc2)CC1. The van der Waals surface area contributed by atoms with Crippen molar-refractivity contribution in [3.63, 3.8) is 0 Å². The molecule has 9 heteroatoms. The molecule has 0 aromatic heterocycles. The summed E-state index contributed by atoms with van der Waals surface area (Å²) in [5.41, 5.74) is 0.445. The fraction of sp³-hybridized carbons (Fsp3) is 0.556. The second-order valence-electron chi connectivity index (χ2n) is 6.95. The fourth-order valence-electron chi connectivity index (χ4n) is 3.41. The number of amides is 2. The lowest BCUT2D eigenvalue weighted by Crippen LogP contribution is -2.49. The van der Waals surface area contributed by atoms with Crippen LogP contribution in [0.15, 0.2) is 29.2 Å². The standard InChI is InChI=1S/C18H26N4O4S/c1-14(23)21-9-11-22(12-10-21)27(25,26)17-6-4-15(5-7-17)18(24)20-16-3-2-8-19-13-16/h4-7,16,19H,2-3,8-13H2,1H3,(H,20,24)/t16-/m0/s1. The van der Waals surface area contributed by atoms with Crippen LogP contribution in [0.5, 0.6) is 0 Å². The predicted octanol–water partition coefficient (Wildman–Crippen LogP) is 0.0212. The van der Waals surface area contributed by atoms with Gasteiger partial charge in [0, 0.05) is 51.3 Å². The Morgan fingerprint density at radius 1 is 1.11 bits per heavy atom. The zero-order valence-corrected chi connectivity index (χ0v) is 16.3. The second kappa shape index (κ2) is 8.37. The summed E-state index contributed by atoms with van der Waals surface area (Å²) in [4.78, 5) is 25.5. The lowest BCUT2D eigenvalue weighted by Gasteiger charge is -2.33. The minimum Gasteiger partial charge on any atom is -0.348 e. The van der Waals surface area contributed by atoms with Gasteiger partial charge in [-0.2, -0.15) is 4.31 Å². The van der Waals surface area contributed by atoms with E-state index in [-0.39, 0.29) is 35.8 Å². The first kappa shape index (κ1) is 19.8. The fourth-order valence-corrected chi connectivity index (χ4v) is 4.84. The molecule has 1 aromatic rings. The predicted molar refractivity (Wildman–Crippen MR) is 101 cm³/mol. The van der Waals surface area contributed by atoms with E-state index in [2.05, 4.69) is 10.6 Å². The normalized spacial score (nSPS) is 21.7. The Labute approximate surface area is 160 Å². The van der Waals surface area contributed by atoms with Crippen LogP contribution in [0.2, 0.25) is 0 Å². The molecule has 1 atom stereocenters. The monoisotopic (exact) mass is 394 g/mol. The van der Waals surface area contributed by atoms with Crippen LogP contribution in [-0.4, -0.2) is 74.7 Å². The number of nitrogens with one attached hydrogen (secondary N) is 2. The van der Waals surface area contributed by atoms with E-state index in [9.17, 15) is 18.0 Å². The first-order valence-corrected chi connectivity index (χ1v) is 10.7. The van der Waals surface area contributed by atoms with Gasteiger partial charge in [0.25, 0.3) is 5.91 Å². The number of piperazine rings is 1. The van der Waals surface area contributed by atoms with Gasteiger partial charge in [-0.25, -0.2) is 8.42 Å². The van der Waals surface area contributed by atoms with E-state index < -0.39 is 10.0 Å². The Morgan fingerprint density at radius 3 is 2.33 bits per heavy atom. The molecule has 0 saturated carbocycles. The summed E-state index contributed by atoms with van der Waals surface area (Å²) in [6.45, 7) is 4.55. The largest absolute Gasteiger partial charge is 0.348 e. The maximum atomic E-state index is 12.8. The number of piperidine rings is 1. The number of rotatable bonds is 4. The Balaban J connectivity index is 1.63. The Morgan fingerprint density at radius 2 is 1.78 bits per heavy atom. The zero-order valence-electron chi connectivity index (χ0n) is 15.5. The molecule has 2 aliphatic rings. The highest BCUT2D eigenvalue weighted by molar-refractivity contribution is 7.89. The van der Waals surface area contributed by atoms with Crippen molar-refractivity contribution in [1.29, 1.82) is 0 Å². The molecule has 0 bridgehead atoms. The van der Waals surface area contributed by atoms with E-state index >= 15 is 0 Å². The molecule has 27 heavy (non-hydrogen) atoms. The van der Waals surface area contributed by atoms with Crippen LogP contribution in [0.1, 0.15) is 30.1 Å². The highest BCUT2D eigenvalue weighted by Crippen LogP contribution is 2.18. The van der Waals surface area contributed by atoms with Crippen molar-refractivity contribution in [3.8, 4) is 0 Å². The molecule has 2 amide bonds. The van der Waals surface area contributed by atoms with E-state index in [0.29, 0.717) is 18.7 Å². The second-order valence-corrected chi connectivity index (χ2v) is 8.89. The van der Waals surface area contributed by atoms with Gasteiger partial charge in [-0.05, 0) is 43.7 Å². The molecular weight excluding hydrogens is 368 g/mol. The van der Waals surface area contributed by atoms with Gasteiger partial charge < -0.3 is 15.5 Å². The summed E-state index contributed by atoms with van der Waals surface area (Å²) in [5.74, 6) is -0.238. The van der Waals surface area contributed by atoms with Gasteiger partial charge >= 0.3 is 0 Å². The lowest BCUT2D eigenvalue weighted by atomic mass is 10.1. The number of carbonyl (C=O) groups is 2. The van der Waals surface area contributed by atoms with Crippen LogP contribution < -0.4 is 10.6 Å². The van der Waals surface area contributed by atoms with Crippen molar-refractivity contribution in [2.75, 3.05) is 39.3 Å². The third-order valence-corrected chi connectivity index (χ3v) is 6.98. The molecule has 0 unspecified atom stereocenters. The van der Waals surface area contributed by atoms with Crippen molar-refractivity contribution in [3.05, 3.63) is 29.8 Å². The van der Waals surface area contributed by atoms with E-state index in [4.69, 9.17) is 0 Å². The number of carbonyl (C=O) groups excluding carboxylic acids is 2. The molecule has 8 nitrogen and oxygen atoms in total. The van der Waals surface area contributed by atoms with Crippen LogP contribution in [0.4, 0.5) is 0 Å². The van der Waals surface area contributed by atoms with Crippen molar-refractivity contribution >= 4 is 21.8 Å². The van der Waals surface area contributed by atoms with Gasteiger partial charge in [-0.3, -0.25) is 9.59 Å². The van der Waals surface area contributed by atoms with E-state index in [0.717, 1.165) is 25.9 Å². The summed E-state index contributed by atoms with van der Waals surface area (Å²) in [7, 11) is -3.63. The third-order valence-electron chi connectivity index (χ3n) is 5.07. The Bertz CT molecular complexity index is 780. The topological polar surface area (TPSA) is 98.8 Å². The molecule has 148 valence electrons. The molecule has 2 heterocycles. The highest BCUT2D eigenvalue weighted by Gasteiger charge is 2.29. The molecular formula is C18H26N4O4S. The lowest BCUT2D eigenvalue weighted by molar-refractivity contribution is -0.129. The van der Waals surface area contributed by atoms with E-state index in [1.165, 1.54) is 23.4 Å². The quantitative estimate of drug-likeness (QED) is 0.750. The van der Waals surface area contributed by atoms with Crippen molar-refractivity contribution in [2.24, 2.45) is 0 Å². The van der Waals surface area contributed by atoms with Gasteiger partial charge in [0.15, 0.2) is 0 Å².